The number of aliphatic carboxylic acids is 1. The van der Waals surface area contributed by atoms with Gasteiger partial charge in [0.25, 0.3) is 0 Å². The lowest BCUT2D eigenvalue weighted by Crippen LogP contribution is -2.26. The van der Waals surface area contributed by atoms with Crippen molar-refractivity contribution in [1.82, 2.24) is 0 Å². The van der Waals surface area contributed by atoms with Gasteiger partial charge in [-0.25, -0.2) is 0 Å². The molecule has 0 aliphatic rings. The zero-order chi connectivity index (χ0) is 9.72. The summed E-state index contributed by atoms with van der Waals surface area (Å²) in [6.07, 6.45) is 0.112. The van der Waals surface area contributed by atoms with Crippen molar-refractivity contribution in [2.24, 2.45) is 11.8 Å². The van der Waals surface area contributed by atoms with E-state index in [1.807, 2.05) is 20.8 Å². The van der Waals surface area contributed by atoms with Crippen molar-refractivity contribution in [3.05, 3.63) is 0 Å². The molecule has 0 aliphatic heterocycles. The summed E-state index contributed by atoms with van der Waals surface area (Å²) in [6.45, 7) is 5.95. The number of hydrogen-bond acceptors (Lipinski definition) is 2. The molecular formula is C9H18O3. The highest BCUT2D eigenvalue weighted by atomic mass is 16.4. The largest absolute Gasteiger partial charge is 0.481 e. The van der Waals surface area contributed by atoms with Crippen molar-refractivity contribution in [3.8, 4) is 0 Å². The van der Waals surface area contributed by atoms with Crippen LogP contribution in [0.25, 0.3) is 0 Å². The quantitative estimate of drug-likeness (QED) is 0.664. The first-order chi connectivity index (χ1) is 5.49. The van der Waals surface area contributed by atoms with Crippen LogP contribution in [-0.4, -0.2) is 22.3 Å². The van der Waals surface area contributed by atoms with Gasteiger partial charge in [0.1, 0.15) is 0 Å². The fraction of sp³-hybridized carbons (Fsp3) is 0.889. The lowest BCUT2D eigenvalue weighted by Gasteiger charge is -2.22. The number of carbonyl (C=O) groups is 1. The molecule has 0 saturated carbocycles. The molecule has 0 aromatic carbocycles. The Labute approximate surface area is 73.4 Å². The van der Waals surface area contributed by atoms with E-state index in [-0.39, 0.29) is 12.3 Å². The van der Waals surface area contributed by atoms with Crippen molar-refractivity contribution in [1.29, 1.82) is 0 Å². The van der Waals surface area contributed by atoms with Crippen LogP contribution >= 0.6 is 0 Å². The molecule has 0 aromatic rings. The molecule has 0 heterocycles. The summed E-state index contributed by atoms with van der Waals surface area (Å²) in [4.78, 5) is 10.3. The minimum atomic E-state index is -0.933. The van der Waals surface area contributed by atoms with Gasteiger partial charge in [-0.05, 0) is 11.8 Å². The van der Waals surface area contributed by atoms with E-state index in [0.29, 0.717) is 5.92 Å². The average Bonchev–Trinajstić information content (AvgIpc) is 2.00. The number of rotatable bonds is 5. The van der Waals surface area contributed by atoms with Crippen LogP contribution in [0.3, 0.4) is 0 Å². The highest BCUT2D eigenvalue weighted by molar-refractivity contribution is 5.67. The van der Waals surface area contributed by atoms with E-state index in [2.05, 4.69) is 0 Å². The summed E-state index contributed by atoms with van der Waals surface area (Å²) < 4.78 is 0. The molecule has 3 atom stereocenters. The van der Waals surface area contributed by atoms with E-state index < -0.39 is 12.1 Å². The first kappa shape index (κ1) is 11.4. The molecule has 0 aliphatic carbocycles. The Morgan fingerprint density at radius 2 is 1.92 bits per heavy atom. The Balaban J connectivity index is 3.91. The van der Waals surface area contributed by atoms with Gasteiger partial charge in [-0.15, -0.1) is 0 Å². The van der Waals surface area contributed by atoms with Crippen molar-refractivity contribution >= 4 is 5.97 Å². The van der Waals surface area contributed by atoms with Crippen LogP contribution in [0.4, 0.5) is 0 Å². The fourth-order valence-corrected chi connectivity index (χ4v) is 1.12. The molecule has 1 unspecified atom stereocenters. The van der Waals surface area contributed by atoms with Crippen LogP contribution in [0.15, 0.2) is 0 Å². The second-order valence-electron chi connectivity index (χ2n) is 3.41. The van der Waals surface area contributed by atoms with Crippen LogP contribution < -0.4 is 0 Å². The molecule has 0 fully saturated rings. The van der Waals surface area contributed by atoms with Gasteiger partial charge >= 0.3 is 5.97 Å². The van der Waals surface area contributed by atoms with Crippen molar-refractivity contribution < 1.29 is 15.0 Å². The molecule has 2 N–H and O–H groups in total. The maximum Gasteiger partial charge on any atom is 0.305 e. The highest BCUT2D eigenvalue weighted by Crippen LogP contribution is 2.19. The summed E-state index contributed by atoms with van der Waals surface area (Å²) in [5.41, 5.74) is 0. The van der Waals surface area contributed by atoms with Gasteiger partial charge in [0, 0.05) is 0 Å². The van der Waals surface area contributed by atoms with Gasteiger partial charge < -0.3 is 10.2 Å². The highest BCUT2D eigenvalue weighted by Gasteiger charge is 2.21. The zero-order valence-electron chi connectivity index (χ0n) is 7.95. The van der Waals surface area contributed by atoms with Crippen molar-refractivity contribution in [3.63, 3.8) is 0 Å². The van der Waals surface area contributed by atoms with E-state index in [1.165, 1.54) is 0 Å². The molecule has 0 rings (SSSR count). The second-order valence-corrected chi connectivity index (χ2v) is 3.41. The maximum atomic E-state index is 10.3. The third-order valence-corrected chi connectivity index (χ3v) is 2.53. The average molecular weight is 174 g/mol. The van der Waals surface area contributed by atoms with E-state index in [4.69, 9.17) is 5.11 Å². The van der Waals surface area contributed by atoms with Gasteiger partial charge in [0.2, 0.25) is 0 Å². The Morgan fingerprint density at radius 1 is 1.42 bits per heavy atom. The molecular weight excluding hydrogens is 156 g/mol. The molecule has 0 radical (unpaired) electrons. The maximum absolute atomic E-state index is 10.3. The molecule has 0 spiro atoms. The van der Waals surface area contributed by atoms with Crippen LogP contribution in [0, 0.1) is 11.8 Å². The molecule has 0 bridgehead atoms. The van der Waals surface area contributed by atoms with E-state index in [1.54, 1.807) is 0 Å². The van der Waals surface area contributed by atoms with Crippen LogP contribution in [0.1, 0.15) is 33.6 Å². The summed E-state index contributed by atoms with van der Waals surface area (Å²) in [5, 5.41) is 17.8. The van der Waals surface area contributed by atoms with E-state index in [0.717, 1.165) is 6.42 Å². The van der Waals surface area contributed by atoms with E-state index in [9.17, 15) is 9.90 Å². The van der Waals surface area contributed by atoms with E-state index >= 15 is 0 Å². The minimum absolute atomic E-state index is 0.0612. The Bertz CT molecular complexity index is 145. The number of hydrogen-bond donors (Lipinski definition) is 2. The third-order valence-electron chi connectivity index (χ3n) is 2.53. The van der Waals surface area contributed by atoms with Gasteiger partial charge in [-0.2, -0.15) is 0 Å². The third kappa shape index (κ3) is 3.72. The standard InChI is InChI=1S/C9H18O3/c1-4-6(2)7(3)8(10)5-9(11)12/h6-8,10H,4-5H2,1-3H3,(H,11,12)/t6-,7+,8?/m0/s1. The zero-order valence-corrected chi connectivity index (χ0v) is 7.95. The second kappa shape index (κ2) is 5.14. The molecule has 0 amide bonds. The topological polar surface area (TPSA) is 57.5 Å². The summed E-state index contributed by atoms with van der Waals surface area (Å²) >= 11 is 0. The van der Waals surface area contributed by atoms with Crippen molar-refractivity contribution in [2.45, 2.75) is 39.7 Å². The minimum Gasteiger partial charge on any atom is -0.481 e. The summed E-state index contributed by atoms with van der Waals surface area (Å²) in [7, 11) is 0. The first-order valence-electron chi connectivity index (χ1n) is 4.38. The molecule has 72 valence electrons. The molecule has 12 heavy (non-hydrogen) atoms. The number of aliphatic hydroxyl groups is 1. The Kier molecular flexibility index (Phi) is 4.90. The smallest absolute Gasteiger partial charge is 0.305 e. The molecule has 3 heteroatoms. The van der Waals surface area contributed by atoms with Crippen molar-refractivity contribution in [2.75, 3.05) is 0 Å². The van der Waals surface area contributed by atoms with Crippen LogP contribution in [-0.2, 0) is 4.79 Å². The first-order valence-corrected chi connectivity index (χ1v) is 4.38. The molecule has 0 aromatic heterocycles. The van der Waals surface area contributed by atoms with Gasteiger partial charge in [0.15, 0.2) is 0 Å². The fourth-order valence-electron chi connectivity index (χ4n) is 1.12. The normalized spacial score (nSPS) is 18.3. The Morgan fingerprint density at radius 3 is 2.25 bits per heavy atom. The molecule has 3 nitrogen and oxygen atoms in total. The number of aliphatic hydroxyl groups excluding tert-OH is 1. The number of carboxylic acid groups (broad SMARTS) is 1. The predicted molar refractivity (Wildman–Crippen MR) is 46.9 cm³/mol. The van der Waals surface area contributed by atoms with Gasteiger partial charge in [-0.1, -0.05) is 27.2 Å². The van der Waals surface area contributed by atoms with Gasteiger partial charge in [-0.3, -0.25) is 4.79 Å². The lowest BCUT2D eigenvalue weighted by atomic mass is 9.87. The monoisotopic (exact) mass is 174 g/mol. The summed E-state index contributed by atoms with van der Waals surface area (Å²) in [6, 6.07) is 0. The Hall–Kier alpha value is -0.570. The van der Waals surface area contributed by atoms with Crippen LogP contribution in [0.5, 0.6) is 0 Å². The number of carboxylic acids is 1. The van der Waals surface area contributed by atoms with Gasteiger partial charge in [0.05, 0.1) is 12.5 Å². The lowest BCUT2D eigenvalue weighted by molar-refractivity contribution is -0.140. The SMILES string of the molecule is CC[C@H](C)[C@@H](C)C(O)CC(=O)O. The van der Waals surface area contributed by atoms with Crippen LogP contribution in [0.2, 0.25) is 0 Å². The molecule has 0 saturated heterocycles. The summed E-state index contributed by atoms with van der Waals surface area (Å²) in [5.74, 6) is -0.497. The predicted octanol–water partition coefficient (Wildman–Crippen LogP) is 1.50.